The number of hydrogen-bond donors (Lipinski definition) is 2. The van der Waals surface area contributed by atoms with Crippen LogP contribution in [0, 0.1) is 0 Å². The van der Waals surface area contributed by atoms with Gasteiger partial charge in [-0.05, 0) is 12.1 Å². The summed E-state index contributed by atoms with van der Waals surface area (Å²) in [6.07, 6.45) is 1.64. The highest BCUT2D eigenvalue weighted by Crippen LogP contribution is 2.19. The molecule has 124 valence electrons. The highest BCUT2D eigenvalue weighted by Gasteiger charge is 2.16. The van der Waals surface area contributed by atoms with Crippen LogP contribution in [0.4, 0.5) is 11.5 Å². The predicted molar refractivity (Wildman–Crippen MR) is 91.5 cm³/mol. The molecule has 0 bridgehead atoms. The highest BCUT2D eigenvalue weighted by atomic mass is 35.5. The average molecular weight is 356 g/mol. The SMILES string of the molecule is CN(C)c1cnnc(NCCNS(=O)(=O)c2ccccc2Cl)c1. The molecule has 0 saturated carbocycles. The number of halogens is 1. The number of aromatic nitrogens is 2. The lowest BCUT2D eigenvalue weighted by molar-refractivity contribution is 0.583. The van der Waals surface area contributed by atoms with Crippen LogP contribution in [0.5, 0.6) is 0 Å². The van der Waals surface area contributed by atoms with E-state index in [-0.39, 0.29) is 16.5 Å². The lowest BCUT2D eigenvalue weighted by Crippen LogP contribution is -2.29. The number of nitrogens with zero attached hydrogens (tertiary/aromatic N) is 3. The van der Waals surface area contributed by atoms with Crippen molar-refractivity contribution < 1.29 is 8.42 Å². The van der Waals surface area contributed by atoms with Gasteiger partial charge in [-0.1, -0.05) is 23.7 Å². The summed E-state index contributed by atoms with van der Waals surface area (Å²) in [5.74, 6) is 0.577. The largest absolute Gasteiger partial charge is 0.376 e. The molecule has 0 aliphatic carbocycles. The van der Waals surface area contributed by atoms with Crippen molar-refractivity contribution in [3.63, 3.8) is 0 Å². The summed E-state index contributed by atoms with van der Waals surface area (Å²) in [5.41, 5.74) is 0.902. The molecule has 0 amide bonds. The average Bonchev–Trinajstić information content (AvgIpc) is 2.52. The highest BCUT2D eigenvalue weighted by molar-refractivity contribution is 7.89. The van der Waals surface area contributed by atoms with Crippen molar-refractivity contribution in [2.24, 2.45) is 0 Å². The van der Waals surface area contributed by atoms with Crippen molar-refractivity contribution in [2.75, 3.05) is 37.4 Å². The van der Waals surface area contributed by atoms with Gasteiger partial charge < -0.3 is 10.2 Å². The first-order valence-electron chi connectivity index (χ1n) is 6.88. The van der Waals surface area contributed by atoms with Crippen molar-refractivity contribution in [1.29, 1.82) is 0 Å². The van der Waals surface area contributed by atoms with Crippen LogP contribution in [0.25, 0.3) is 0 Å². The van der Waals surface area contributed by atoms with Gasteiger partial charge in [-0.2, -0.15) is 5.10 Å². The summed E-state index contributed by atoms with van der Waals surface area (Å²) < 4.78 is 26.8. The van der Waals surface area contributed by atoms with Gasteiger partial charge in [-0.15, -0.1) is 5.10 Å². The second-order valence-electron chi connectivity index (χ2n) is 4.95. The van der Waals surface area contributed by atoms with Gasteiger partial charge in [0.15, 0.2) is 5.82 Å². The van der Waals surface area contributed by atoms with Gasteiger partial charge in [0, 0.05) is 33.3 Å². The molecule has 0 spiro atoms. The van der Waals surface area contributed by atoms with E-state index in [1.54, 1.807) is 18.3 Å². The van der Waals surface area contributed by atoms with Gasteiger partial charge in [-0.3, -0.25) is 0 Å². The van der Waals surface area contributed by atoms with Gasteiger partial charge >= 0.3 is 0 Å². The summed E-state index contributed by atoms with van der Waals surface area (Å²) in [4.78, 5) is 1.97. The lowest BCUT2D eigenvalue weighted by Gasteiger charge is -2.13. The summed E-state index contributed by atoms with van der Waals surface area (Å²) in [5, 5.41) is 11.0. The molecule has 2 N–H and O–H groups in total. The van der Waals surface area contributed by atoms with Gasteiger partial charge in [0.2, 0.25) is 10.0 Å². The maximum atomic E-state index is 12.1. The van der Waals surface area contributed by atoms with Crippen LogP contribution in [0.3, 0.4) is 0 Å². The first-order chi connectivity index (χ1) is 10.9. The van der Waals surface area contributed by atoms with Crippen molar-refractivity contribution >= 4 is 33.1 Å². The second-order valence-corrected chi connectivity index (χ2v) is 7.09. The van der Waals surface area contributed by atoms with Crippen LogP contribution < -0.4 is 14.9 Å². The molecule has 0 fully saturated rings. The Morgan fingerprint density at radius 1 is 1.22 bits per heavy atom. The minimum Gasteiger partial charge on any atom is -0.376 e. The van der Waals surface area contributed by atoms with Crippen LogP contribution in [-0.2, 0) is 10.0 Å². The monoisotopic (exact) mass is 355 g/mol. The summed E-state index contributed by atoms with van der Waals surface area (Å²) in [7, 11) is 0.169. The topological polar surface area (TPSA) is 87.2 Å². The fraction of sp³-hybridized carbons (Fsp3) is 0.286. The Balaban J connectivity index is 1.90. The van der Waals surface area contributed by atoms with Crippen LogP contribution >= 0.6 is 11.6 Å². The first kappa shape index (κ1) is 17.5. The number of benzene rings is 1. The Morgan fingerprint density at radius 3 is 2.65 bits per heavy atom. The van der Waals surface area contributed by atoms with Crippen molar-refractivity contribution in [3.05, 3.63) is 41.6 Å². The van der Waals surface area contributed by atoms with E-state index in [1.807, 2.05) is 25.1 Å². The third-order valence-corrected chi connectivity index (χ3v) is 4.97. The van der Waals surface area contributed by atoms with Crippen LogP contribution in [-0.4, -0.2) is 45.8 Å². The molecule has 0 radical (unpaired) electrons. The van der Waals surface area contributed by atoms with E-state index in [4.69, 9.17) is 11.6 Å². The fourth-order valence-corrected chi connectivity index (χ4v) is 3.35. The van der Waals surface area contributed by atoms with Gasteiger partial charge in [0.05, 0.1) is 16.9 Å². The molecule has 0 aliphatic rings. The zero-order chi connectivity index (χ0) is 16.9. The maximum Gasteiger partial charge on any atom is 0.242 e. The Morgan fingerprint density at radius 2 is 1.96 bits per heavy atom. The van der Waals surface area contributed by atoms with E-state index < -0.39 is 10.0 Å². The molecule has 0 aliphatic heterocycles. The molecule has 1 heterocycles. The van der Waals surface area contributed by atoms with Crippen molar-refractivity contribution in [2.45, 2.75) is 4.90 Å². The molecular formula is C14H18ClN5O2S. The van der Waals surface area contributed by atoms with E-state index in [2.05, 4.69) is 20.2 Å². The molecule has 1 aromatic carbocycles. The normalized spacial score (nSPS) is 11.3. The second kappa shape index (κ2) is 7.58. The number of rotatable bonds is 7. The molecule has 0 atom stereocenters. The van der Waals surface area contributed by atoms with Crippen LogP contribution in [0.2, 0.25) is 5.02 Å². The molecule has 23 heavy (non-hydrogen) atoms. The molecule has 9 heteroatoms. The standard InChI is InChI=1S/C14H18ClN5O2S/c1-20(2)11-9-14(19-17-10-11)16-7-8-18-23(21,22)13-6-4-3-5-12(13)15/h3-6,9-10,18H,7-8H2,1-2H3,(H,16,19). The maximum absolute atomic E-state index is 12.1. The molecule has 2 aromatic rings. The van der Waals surface area contributed by atoms with E-state index in [1.165, 1.54) is 12.1 Å². The minimum atomic E-state index is -3.63. The summed E-state index contributed by atoms with van der Waals surface area (Å²) >= 11 is 5.91. The van der Waals surface area contributed by atoms with Gasteiger partial charge in [-0.25, -0.2) is 13.1 Å². The Hall–Kier alpha value is -1.90. The number of nitrogens with one attached hydrogen (secondary N) is 2. The molecule has 1 aromatic heterocycles. The Bertz CT molecular complexity index is 767. The van der Waals surface area contributed by atoms with Crippen LogP contribution in [0.1, 0.15) is 0 Å². The predicted octanol–water partition coefficient (Wildman–Crippen LogP) is 1.59. The van der Waals surface area contributed by atoms with Crippen LogP contribution in [0.15, 0.2) is 41.4 Å². The van der Waals surface area contributed by atoms with E-state index >= 15 is 0 Å². The van der Waals surface area contributed by atoms with Gasteiger partial charge in [0.1, 0.15) is 4.90 Å². The van der Waals surface area contributed by atoms with Crippen molar-refractivity contribution in [1.82, 2.24) is 14.9 Å². The quantitative estimate of drug-likeness (QED) is 0.733. The molecule has 0 unspecified atom stereocenters. The zero-order valence-electron chi connectivity index (χ0n) is 12.8. The first-order valence-corrected chi connectivity index (χ1v) is 8.74. The van der Waals surface area contributed by atoms with E-state index in [0.717, 1.165) is 5.69 Å². The summed E-state index contributed by atoms with van der Waals surface area (Å²) in [6, 6.07) is 8.14. The van der Waals surface area contributed by atoms with E-state index in [0.29, 0.717) is 12.4 Å². The number of sulfonamides is 1. The Labute approximate surface area is 140 Å². The smallest absolute Gasteiger partial charge is 0.242 e. The molecule has 7 nitrogen and oxygen atoms in total. The zero-order valence-corrected chi connectivity index (χ0v) is 14.4. The number of anilines is 2. The third-order valence-electron chi connectivity index (χ3n) is 3.01. The lowest BCUT2D eigenvalue weighted by atomic mass is 10.4. The number of hydrogen-bond acceptors (Lipinski definition) is 6. The minimum absolute atomic E-state index is 0.0658. The molecular weight excluding hydrogens is 338 g/mol. The Kier molecular flexibility index (Phi) is 5.75. The van der Waals surface area contributed by atoms with E-state index in [9.17, 15) is 8.42 Å². The molecule has 2 rings (SSSR count). The van der Waals surface area contributed by atoms with Crippen molar-refractivity contribution in [3.8, 4) is 0 Å². The third kappa shape index (κ3) is 4.78. The fourth-order valence-electron chi connectivity index (χ4n) is 1.80. The summed E-state index contributed by atoms with van der Waals surface area (Å²) in [6.45, 7) is 0.566. The van der Waals surface area contributed by atoms with Gasteiger partial charge in [0.25, 0.3) is 0 Å². The molecule has 0 saturated heterocycles.